The van der Waals surface area contributed by atoms with E-state index in [1.54, 1.807) is 25.8 Å². The van der Waals surface area contributed by atoms with E-state index < -0.39 is 0 Å². The first-order chi connectivity index (χ1) is 10.0. The molecule has 0 atom stereocenters. The van der Waals surface area contributed by atoms with E-state index in [1.165, 1.54) is 5.56 Å². The molecule has 0 amide bonds. The van der Waals surface area contributed by atoms with Crippen LogP contribution in [0.5, 0.6) is 5.75 Å². The average molecular weight is 304 g/mol. The van der Waals surface area contributed by atoms with E-state index >= 15 is 0 Å². The maximum Gasteiger partial charge on any atom is 0.276 e. The van der Waals surface area contributed by atoms with Crippen LogP contribution in [0.4, 0.5) is 0 Å². The second-order valence-corrected chi connectivity index (χ2v) is 6.09. The Hall–Kier alpha value is -1.75. The highest BCUT2D eigenvalue weighted by Crippen LogP contribution is 2.24. The number of benzene rings is 1. The van der Waals surface area contributed by atoms with Crippen LogP contribution >= 0.6 is 11.8 Å². The molecular weight excluding hydrogens is 284 g/mol. The Balaban J connectivity index is 2.18. The number of methoxy groups -OCH3 is 1. The summed E-state index contributed by atoms with van der Waals surface area (Å²) in [5.41, 5.74) is 1.70. The molecule has 0 aliphatic rings. The van der Waals surface area contributed by atoms with Crippen LogP contribution in [0.2, 0.25) is 0 Å². The summed E-state index contributed by atoms with van der Waals surface area (Å²) in [6.45, 7) is 5.97. The molecule has 0 unspecified atom stereocenters. The van der Waals surface area contributed by atoms with Crippen LogP contribution in [0.25, 0.3) is 0 Å². The van der Waals surface area contributed by atoms with E-state index in [2.05, 4.69) is 18.8 Å². The summed E-state index contributed by atoms with van der Waals surface area (Å²) in [4.78, 5) is 15.9. The van der Waals surface area contributed by atoms with E-state index in [4.69, 9.17) is 4.74 Å². The second-order valence-electron chi connectivity index (χ2n) is 5.15. The van der Waals surface area contributed by atoms with Gasteiger partial charge < -0.3 is 9.30 Å². The van der Waals surface area contributed by atoms with Crippen molar-refractivity contribution in [2.45, 2.75) is 37.7 Å². The number of hydrogen-bond acceptors (Lipinski definition) is 4. The Morgan fingerprint density at radius 1 is 1.29 bits per heavy atom. The number of ether oxygens (including phenoxy) is 1. The minimum Gasteiger partial charge on any atom is -0.497 e. The molecule has 112 valence electrons. The molecule has 0 spiro atoms. The quantitative estimate of drug-likeness (QED) is 0.627. The van der Waals surface area contributed by atoms with Crippen LogP contribution in [0.15, 0.2) is 40.4 Å². The summed E-state index contributed by atoms with van der Waals surface area (Å²) in [5.74, 6) is 1.61. The fourth-order valence-electron chi connectivity index (χ4n) is 1.90. The smallest absolute Gasteiger partial charge is 0.276 e. The van der Waals surface area contributed by atoms with Crippen LogP contribution in [-0.2, 0) is 5.75 Å². The lowest BCUT2D eigenvalue weighted by Gasteiger charge is -2.16. The summed E-state index contributed by atoms with van der Waals surface area (Å²) < 4.78 is 7.19. The molecule has 0 aliphatic carbocycles. The van der Waals surface area contributed by atoms with Gasteiger partial charge in [0.1, 0.15) is 5.75 Å². The molecule has 1 heterocycles. The molecule has 0 saturated carbocycles. The number of nitrogens with zero attached hydrogens (tertiary/aromatic N) is 2. The zero-order valence-corrected chi connectivity index (χ0v) is 13.6. The van der Waals surface area contributed by atoms with E-state index in [0.29, 0.717) is 5.56 Å². The molecule has 0 radical (unpaired) electrons. The van der Waals surface area contributed by atoms with Gasteiger partial charge in [-0.3, -0.25) is 4.79 Å². The summed E-state index contributed by atoms with van der Waals surface area (Å²) in [7, 11) is 1.65. The molecule has 2 aromatic rings. The Bertz CT molecular complexity index is 663. The van der Waals surface area contributed by atoms with Crippen molar-refractivity contribution in [3.05, 3.63) is 51.9 Å². The molecule has 0 N–H and O–H groups in total. The third-order valence-electron chi connectivity index (χ3n) is 3.17. The van der Waals surface area contributed by atoms with Gasteiger partial charge in [0.25, 0.3) is 5.56 Å². The Labute approximate surface area is 129 Å². The van der Waals surface area contributed by atoms with Crippen molar-refractivity contribution in [2.75, 3.05) is 7.11 Å². The number of hydrogen-bond donors (Lipinski definition) is 0. The number of thioether (sulfide) groups is 1. The van der Waals surface area contributed by atoms with Crippen LogP contribution in [0.3, 0.4) is 0 Å². The molecule has 2 rings (SSSR count). The van der Waals surface area contributed by atoms with E-state index in [-0.39, 0.29) is 11.6 Å². The lowest BCUT2D eigenvalue weighted by molar-refractivity contribution is 0.414. The summed E-state index contributed by atoms with van der Waals surface area (Å²) in [6, 6.07) is 8.20. The van der Waals surface area contributed by atoms with Gasteiger partial charge in [0, 0.05) is 23.6 Å². The lowest BCUT2D eigenvalue weighted by Crippen LogP contribution is -2.18. The fourth-order valence-corrected chi connectivity index (χ4v) is 2.95. The van der Waals surface area contributed by atoms with Crippen LogP contribution in [-0.4, -0.2) is 16.7 Å². The maximum atomic E-state index is 11.8. The molecule has 0 saturated heterocycles. The molecule has 0 bridgehead atoms. The zero-order valence-electron chi connectivity index (χ0n) is 12.8. The van der Waals surface area contributed by atoms with Gasteiger partial charge in [-0.25, -0.2) is 0 Å². The van der Waals surface area contributed by atoms with Crippen molar-refractivity contribution in [2.24, 2.45) is 0 Å². The van der Waals surface area contributed by atoms with Crippen molar-refractivity contribution >= 4 is 11.8 Å². The molecule has 4 nitrogen and oxygen atoms in total. The van der Waals surface area contributed by atoms with Gasteiger partial charge in [-0.2, -0.15) is 4.98 Å². The number of aryl methyl sites for hydroxylation is 1. The highest BCUT2D eigenvalue weighted by molar-refractivity contribution is 7.98. The van der Waals surface area contributed by atoms with Crippen molar-refractivity contribution in [3.8, 4) is 5.75 Å². The Morgan fingerprint density at radius 2 is 1.95 bits per heavy atom. The molecule has 1 aromatic carbocycles. The average Bonchev–Trinajstić information content (AvgIpc) is 2.48. The minimum absolute atomic E-state index is 0.149. The standard InChI is InChI=1S/C16H20N2O2S/c1-11(2)18-9-12(3)15(19)17-16(18)21-10-13-5-7-14(20-4)8-6-13/h5-9,11H,10H2,1-4H3. The largest absolute Gasteiger partial charge is 0.497 e. The first kappa shape index (κ1) is 15.6. The molecule has 0 fully saturated rings. The number of rotatable bonds is 5. The van der Waals surface area contributed by atoms with Crippen molar-refractivity contribution in [3.63, 3.8) is 0 Å². The normalized spacial score (nSPS) is 10.9. The van der Waals surface area contributed by atoms with Crippen molar-refractivity contribution in [1.29, 1.82) is 0 Å². The predicted octanol–water partition coefficient (Wildman–Crippen LogP) is 3.43. The minimum atomic E-state index is -0.149. The SMILES string of the molecule is COc1ccc(CSc2nc(=O)c(C)cn2C(C)C)cc1. The van der Waals surface area contributed by atoms with E-state index in [9.17, 15) is 4.79 Å². The van der Waals surface area contributed by atoms with Gasteiger partial charge in [0.15, 0.2) is 5.16 Å². The Kier molecular flexibility index (Phi) is 5.07. The zero-order chi connectivity index (χ0) is 15.4. The summed E-state index contributed by atoms with van der Waals surface area (Å²) >= 11 is 1.58. The third-order valence-corrected chi connectivity index (χ3v) is 4.21. The fraction of sp³-hybridized carbons (Fsp3) is 0.375. The lowest BCUT2D eigenvalue weighted by atomic mass is 10.2. The van der Waals surface area contributed by atoms with E-state index in [0.717, 1.165) is 16.7 Å². The van der Waals surface area contributed by atoms with Crippen LogP contribution in [0, 0.1) is 6.92 Å². The third kappa shape index (κ3) is 3.88. The van der Waals surface area contributed by atoms with Gasteiger partial charge in [-0.15, -0.1) is 0 Å². The van der Waals surface area contributed by atoms with Gasteiger partial charge in [-0.05, 0) is 38.5 Å². The van der Waals surface area contributed by atoms with Gasteiger partial charge >= 0.3 is 0 Å². The summed E-state index contributed by atoms with van der Waals surface area (Å²) in [5, 5.41) is 0.761. The van der Waals surface area contributed by atoms with Gasteiger partial charge in [0.2, 0.25) is 0 Å². The first-order valence-corrected chi connectivity index (χ1v) is 7.85. The topological polar surface area (TPSA) is 44.1 Å². The Morgan fingerprint density at radius 3 is 2.52 bits per heavy atom. The highest BCUT2D eigenvalue weighted by Gasteiger charge is 2.09. The molecule has 0 aliphatic heterocycles. The predicted molar refractivity (Wildman–Crippen MR) is 86.2 cm³/mol. The number of aromatic nitrogens is 2. The van der Waals surface area contributed by atoms with Gasteiger partial charge in [0.05, 0.1) is 7.11 Å². The van der Waals surface area contributed by atoms with E-state index in [1.807, 2.05) is 35.0 Å². The van der Waals surface area contributed by atoms with Crippen LogP contribution < -0.4 is 10.3 Å². The van der Waals surface area contributed by atoms with Gasteiger partial charge in [-0.1, -0.05) is 23.9 Å². The highest BCUT2D eigenvalue weighted by atomic mass is 32.2. The molecular formula is C16H20N2O2S. The first-order valence-electron chi connectivity index (χ1n) is 6.86. The van der Waals surface area contributed by atoms with Crippen molar-refractivity contribution < 1.29 is 4.74 Å². The van der Waals surface area contributed by atoms with Crippen molar-refractivity contribution in [1.82, 2.24) is 9.55 Å². The summed E-state index contributed by atoms with van der Waals surface area (Å²) in [6.07, 6.45) is 1.89. The van der Waals surface area contributed by atoms with Crippen LogP contribution in [0.1, 0.15) is 31.0 Å². The second kappa shape index (κ2) is 6.80. The molecule has 5 heteroatoms. The molecule has 21 heavy (non-hydrogen) atoms. The molecule has 1 aromatic heterocycles. The maximum absolute atomic E-state index is 11.8. The monoisotopic (exact) mass is 304 g/mol.